The summed E-state index contributed by atoms with van der Waals surface area (Å²) in [5, 5.41) is 2.36. The zero-order valence-corrected chi connectivity index (χ0v) is 18.2. The molecule has 10 heteroatoms. The van der Waals surface area contributed by atoms with Crippen LogP contribution in [0.5, 0.6) is 0 Å². The van der Waals surface area contributed by atoms with E-state index in [0.717, 1.165) is 15.2 Å². The number of nitrogens with zero attached hydrogens (tertiary/aromatic N) is 1. The monoisotopic (exact) mass is 484 g/mol. The Morgan fingerprint density at radius 1 is 1.24 bits per heavy atom. The highest BCUT2D eigenvalue weighted by atomic mass is 79.9. The van der Waals surface area contributed by atoms with Crippen molar-refractivity contribution in [3.8, 4) is 0 Å². The van der Waals surface area contributed by atoms with Crippen molar-refractivity contribution in [3.05, 3.63) is 52.2 Å². The summed E-state index contributed by atoms with van der Waals surface area (Å²) < 4.78 is 38.6. The molecule has 1 amide bonds. The molecule has 8 nitrogen and oxygen atoms in total. The number of nitrogens with one attached hydrogen (secondary N) is 1. The number of carbonyl (C=O) groups excluding carboxylic acids is 2. The molecule has 1 unspecified atom stereocenters. The molecular formula is C19H21BrN2O6S. The molecule has 1 aliphatic rings. The van der Waals surface area contributed by atoms with Gasteiger partial charge in [0.2, 0.25) is 16.8 Å². The highest BCUT2D eigenvalue weighted by Crippen LogP contribution is 2.27. The van der Waals surface area contributed by atoms with Crippen LogP contribution < -0.4 is 5.32 Å². The van der Waals surface area contributed by atoms with E-state index in [4.69, 9.17) is 4.42 Å². The van der Waals surface area contributed by atoms with Gasteiger partial charge < -0.3 is 14.5 Å². The summed E-state index contributed by atoms with van der Waals surface area (Å²) in [6.07, 6.45) is 1.88. The van der Waals surface area contributed by atoms with E-state index in [1.165, 1.54) is 19.2 Å². The standard InChI is InChI=1S/C19H21BrN2O6S/c1-27-19(24)16-9-10-17(28-16)29(25,26)22(12-13-5-7-14(20)8-6-13)15-4-2-3-11-21-18(15)23/h5-10,15H,2-4,11-12H2,1H3,(H,21,23). The third kappa shape index (κ3) is 4.88. The van der Waals surface area contributed by atoms with Crippen molar-refractivity contribution in [1.82, 2.24) is 9.62 Å². The molecule has 1 aromatic heterocycles. The molecule has 1 N–H and O–H groups in total. The van der Waals surface area contributed by atoms with Crippen LogP contribution in [-0.4, -0.2) is 44.3 Å². The summed E-state index contributed by atoms with van der Waals surface area (Å²) in [5.41, 5.74) is 0.716. The number of amides is 1. The molecule has 2 aromatic rings. The number of furan rings is 1. The van der Waals surface area contributed by atoms with Crippen molar-refractivity contribution < 1.29 is 27.2 Å². The van der Waals surface area contributed by atoms with E-state index in [0.29, 0.717) is 24.9 Å². The van der Waals surface area contributed by atoms with Crippen LogP contribution in [0.4, 0.5) is 0 Å². The lowest BCUT2D eigenvalue weighted by Crippen LogP contribution is -2.48. The first kappa shape index (κ1) is 21.5. The van der Waals surface area contributed by atoms with E-state index in [9.17, 15) is 18.0 Å². The number of hydrogen-bond donors (Lipinski definition) is 1. The highest BCUT2D eigenvalue weighted by Gasteiger charge is 2.38. The predicted octanol–water partition coefficient (Wildman–Crippen LogP) is 2.69. The molecule has 156 valence electrons. The molecule has 0 aliphatic carbocycles. The third-order valence-corrected chi connectivity index (χ3v) is 6.89. The molecular weight excluding hydrogens is 464 g/mol. The number of benzene rings is 1. The molecule has 0 spiro atoms. The van der Waals surface area contributed by atoms with Crippen LogP contribution in [0.1, 0.15) is 35.4 Å². The average molecular weight is 485 g/mol. The van der Waals surface area contributed by atoms with Crippen molar-refractivity contribution in [2.75, 3.05) is 13.7 Å². The Morgan fingerprint density at radius 2 is 1.97 bits per heavy atom. The first-order valence-electron chi connectivity index (χ1n) is 9.05. The maximum Gasteiger partial charge on any atom is 0.374 e. The Balaban J connectivity index is 2.00. The van der Waals surface area contributed by atoms with E-state index in [-0.39, 0.29) is 18.2 Å². The predicted molar refractivity (Wildman–Crippen MR) is 108 cm³/mol. The maximum atomic E-state index is 13.4. The minimum absolute atomic E-state index is 0.0119. The molecule has 3 rings (SSSR count). The van der Waals surface area contributed by atoms with Crippen LogP contribution in [0.15, 0.2) is 50.4 Å². The second kappa shape index (κ2) is 9.10. The minimum atomic E-state index is -4.19. The van der Waals surface area contributed by atoms with Crippen molar-refractivity contribution in [2.45, 2.75) is 36.9 Å². The number of esters is 1. The van der Waals surface area contributed by atoms with Gasteiger partial charge in [-0.15, -0.1) is 0 Å². The van der Waals surface area contributed by atoms with Crippen molar-refractivity contribution in [3.63, 3.8) is 0 Å². The van der Waals surface area contributed by atoms with Gasteiger partial charge in [-0.1, -0.05) is 28.1 Å². The lowest BCUT2D eigenvalue weighted by molar-refractivity contribution is -0.124. The van der Waals surface area contributed by atoms with Crippen LogP contribution in [0.25, 0.3) is 0 Å². The maximum absolute atomic E-state index is 13.4. The van der Waals surface area contributed by atoms with Gasteiger partial charge in [-0.25, -0.2) is 13.2 Å². The largest absolute Gasteiger partial charge is 0.463 e. The SMILES string of the molecule is COC(=O)c1ccc(S(=O)(=O)N(Cc2ccc(Br)cc2)C2CCCCNC2=O)o1. The van der Waals surface area contributed by atoms with Crippen LogP contribution in [-0.2, 0) is 26.1 Å². The molecule has 0 saturated carbocycles. The second-order valence-corrected chi connectivity index (χ2v) is 9.33. The van der Waals surface area contributed by atoms with Gasteiger partial charge in [0, 0.05) is 17.6 Å². The number of carbonyl (C=O) groups is 2. The molecule has 2 heterocycles. The van der Waals surface area contributed by atoms with Gasteiger partial charge >= 0.3 is 5.97 Å². The molecule has 1 atom stereocenters. The topological polar surface area (TPSA) is 106 Å². The first-order valence-corrected chi connectivity index (χ1v) is 11.3. The number of halogens is 1. The molecule has 1 fully saturated rings. The fraction of sp³-hybridized carbons (Fsp3) is 0.368. The zero-order chi connectivity index (χ0) is 21.0. The quantitative estimate of drug-likeness (QED) is 0.631. The molecule has 29 heavy (non-hydrogen) atoms. The molecule has 1 saturated heterocycles. The number of sulfonamides is 1. The Kier molecular flexibility index (Phi) is 6.76. The number of methoxy groups -OCH3 is 1. The van der Waals surface area contributed by atoms with E-state index in [2.05, 4.69) is 26.0 Å². The normalized spacial score (nSPS) is 17.6. The fourth-order valence-corrected chi connectivity index (χ4v) is 4.90. The van der Waals surface area contributed by atoms with Crippen molar-refractivity contribution in [1.29, 1.82) is 0 Å². The molecule has 1 aliphatic heterocycles. The molecule has 1 aromatic carbocycles. The molecule has 0 radical (unpaired) electrons. The zero-order valence-electron chi connectivity index (χ0n) is 15.8. The summed E-state index contributed by atoms with van der Waals surface area (Å²) in [5.74, 6) is -1.35. The Labute approximate surface area is 177 Å². The second-order valence-electron chi connectivity index (χ2n) is 6.59. The fourth-order valence-electron chi connectivity index (χ4n) is 3.12. The van der Waals surface area contributed by atoms with Crippen LogP contribution in [0.3, 0.4) is 0 Å². The Bertz CT molecular complexity index is 986. The number of hydrogen-bond acceptors (Lipinski definition) is 6. The lowest BCUT2D eigenvalue weighted by Gasteiger charge is -2.28. The smallest absolute Gasteiger partial charge is 0.374 e. The van der Waals surface area contributed by atoms with Crippen molar-refractivity contribution in [2.24, 2.45) is 0 Å². The van der Waals surface area contributed by atoms with Crippen molar-refractivity contribution >= 4 is 37.8 Å². The van der Waals surface area contributed by atoms with Gasteiger partial charge in [-0.2, -0.15) is 4.31 Å². The summed E-state index contributed by atoms with van der Waals surface area (Å²) >= 11 is 3.35. The average Bonchev–Trinajstić information content (AvgIpc) is 3.12. The summed E-state index contributed by atoms with van der Waals surface area (Å²) in [7, 11) is -3.02. The third-order valence-electron chi connectivity index (χ3n) is 4.64. The van der Waals surface area contributed by atoms with E-state index >= 15 is 0 Å². The van der Waals surface area contributed by atoms with E-state index in [1.807, 2.05) is 0 Å². The van der Waals surface area contributed by atoms with E-state index < -0.39 is 27.1 Å². The highest BCUT2D eigenvalue weighted by molar-refractivity contribution is 9.10. The summed E-state index contributed by atoms with van der Waals surface area (Å²) in [6.45, 7) is 0.497. The van der Waals surface area contributed by atoms with Gasteiger partial charge in [-0.05, 0) is 49.1 Å². The lowest BCUT2D eigenvalue weighted by atomic mass is 10.1. The molecule has 0 bridgehead atoms. The summed E-state index contributed by atoms with van der Waals surface area (Å²) in [6, 6.07) is 8.73. The van der Waals surface area contributed by atoms with E-state index in [1.54, 1.807) is 24.3 Å². The number of ether oxygens (including phenoxy) is 1. The van der Waals surface area contributed by atoms with Crippen LogP contribution in [0, 0.1) is 0 Å². The van der Waals surface area contributed by atoms with Gasteiger partial charge in [0.15, 0.2) is 0 Å². The van der Waals surface area contributed by atoms with Crippen LogP contribution >= 0.6 is 15.9 Å². The summed E-state index contributed by atoms with van der Waals surface area (Å²) in [4.78, 5) is 24.3. The van der Waals surface area contributed by atoms with Crippen LogP contribution in [0.2, 0.25) is 0 Å². The Hall–Kier alpha value is -2.17. The Morgan fingerprint density at radius 3 is 2.66 bits per heavy atom. The minimum Gasteiger partial charge on any atom is -0.463 e. The van der Waals surface area contributed by atoms with Gasteiger partial charge in [-0.3, -0.25) is 4.79 Å². The van der Waals surface area contributed by atoms with Gasteiger partial charge in [0.1, 0.15) is 6.04 Å². The first-order chi connectivity index (χ1) is 13.8. The van der Waals surface area contributed by atoms with Gasteiger partial charge in [0.05, 0.1) is 7.11 Å². The van der Waals surface area contributed by atoms with Gasteiger partial charge in [0.25, 0.3) is 10.0 Å². The number of rotatable bonds is 6.